The highest BCUT2D eigenvalue weighted by Gasteiger charge is 2.29. The Hall–Kier alpha value is -0.810. The zero-order valence-corrected chi connectivity index (χ0v) is 15.8. The Bertz CT molecular complexity index is 524. The van der Waals surface area contributed by atoms with E-state index in [9.17, 15) is 4.79 Å². The van der Waals surface area contributed by atoms with Gasteiger partial charge in [-0.3, -0.25) is 9.69 Å². The van der Waals surface area contributed by atoms with Gasteiger partial charge in [0.1, 0.15) is 0 Å². The van der Waals surface area contributed by atoms with Crippen LogP contribution in [0.15, 0.2) is 24.3 Å². The maximum Gasteiger partial charge on any atom is 0.225 e. The van der Waals surface area contributed by atoms with Crippen molar-refractivity contribution in [3.8, 4) is 0 Å². The number of carbonyl (C=O) groups is 1. The first kappa shape index (κ1) is 19.5. The second kappa shape index (κ2) is 9.04. The summed E-state index contributed by atoms with van der Waals surface area (Å²) in [5.74, 6) is 0.599. The predicted molar refractivity (Wildman–Crippen MR) is 101 cm³/mol. The van der Waals surface area contributed by atoms with Crippen molar-refractivity contribution in [3.63, 3.8) is 0 Å². The highest BCUT2D eigenvalue weighted by Crippen LogP contribution is 2.24. The third-order valence-corrected chi connectivity index (χ3v) is 5.47. The zero-order valence-electron chi connectivity index (χ0n) is 14.2. The molecule has 6 heteroatoms. The molecule has 0 bridgehead atoms. The fourth-order valence-electron chi connectivity index (χ4n) is 3.61. The minimum Gasteiger partial charge on any atom is -0.340 e. The van der Waals surface area contributed by atoms with E-state index in [0.29, 0.717) is 11.9 Å². The molecule has 2 aliphatic rings. The number of nitrogens with zero attached hydrogens (tertiary/aromatic N) is 2. The van der Waals surface area contributed by atoms with Crippen molar-refractivity contribution in [3.05, 3.63) is 34.9 Å². The maximum atomic E-state index is 12.6. The molecule has 3 rings (SSSR count). The van der Waals surface area contributed by atoms with E-state index in [2.05, 4.69) is 34.2 Å². The van der Waals surface area contributed by atoms with Gasteiger partial charge in [0.25, 0.3) is 0 Å². The van der Waals surface area contributed by atoms with Crippen molar-refractivity contribution in [1.82, 2.24) is 15.1 Å². The van der Waals surface area contributed by atoms with E-state index in [1.165, 1.54) is 5.56 Å². The first-order valence-electron chi connectivity index (χ1n) is 8.64. The highest BCUT2D eigenvalue weighted by molar-refractivity contribution is 6.30. The number of rotatable bonds is 3. The highest BCUT2D eigenvalue weighted by atomic mass is 35.5. The summed E-state index contributed by atoms with van der Waals surface area (Å²) in [6.45, 7) is 7.77. The van der Waals surface area contributed by atoms with Gasteiger partial charge >= 0.3 is 0 Å². The fourth-order valence-corrected chi connectivity index (χ4v) is 3.73. The second-order valence-electron chi connectivity index (χ2n) is 6.61. The molecule has 0 radical (unpaired) electrons. The Morgan fingerprint density at radius 3 is 2.29 bits per heavy atom. The Balaban J connectivity index is 0.00000208. The number of halogens is 2. The number of carbonyl (C=O) groups excluding carboxylic acids is 1. The molecule has 2 saturated heterocycles. The molecule has 1 amide bonds. The lowest BCUT2D eigenvalue weighted by atomic mass is 9.96. The van der Waals surface area contributed by atoms with Gasteiger partial charge in [-0.25, -0.2) is 0 Å². The normalized spacial score (nSPS) is 21.2. The van der Waals surface area contributed by atoms with E-state index >= 15 is 0 Å². The van der Waals surface area contributed by atoms with Crippen molar-refractivity contribution >= 4 is 29.9 Å². The molecule has 0 aliphatic carbocycles. The van der Waals surface area contributed by atoms with E-state index in [0.717, 1.165) is 57.1 Å². The van der Waals surface area contributed by atoms with Crippen molar-refractivity contribution in [2.75, 3.05) is 39.3 Å². The third-order valence-electron chi connectivity index (χ3n) is 5.21. The lowest BCUT2D eigenvalue weighted by Crippen LogP contribution is -2.51. The van der Waals surface area contributed by atoms with Gasteiger partial charge in [0.05, 0.1) is 0 Å². The first-order chi connectivity index (χ1) is 11.1. The first-order valence-corrected chi connectivity index (χ1v) is 9.02. The van der Waals surface area contributed by atoms with Crippen LogP contribution in [0.1, 0.15) is 31.4 Å². The quantitative estimate of drug-likeness (QED) is 0.886. The molecule has 0 saturated carbocycles. The number of amides is 1. The Morgan fingerprint density at radius 1 is 1.12 bits per heavy atom. The summed E-state index contributed by atoms with van der Waals surface area (Å²) in [5, 5.41) is 4.10. The van der Waals surface area contributed by atoms with Crippen LogP contribution in [-0.4, -0.2) is 55.0 Å². The smallest absolute Gasteiger partial charge is 0.225 e. The van der Waals surface area contributed by atoms with Crippen LogP contribution in [0.4, 0.5) is 0 Å². The van der Waals surface area contributed by atoms with Crippen LogP contribution in [0.5, 0.6) is 0 Å². The summed E-state index contributed by atoms with van der Waals surface area (Å²) >= 11 is 5.97. The van der Waals surface area contributed by atoms with E-state index < -0.39 is 0 Å². The average molecular weight is 372 g/mol. The summed E-state index contributed by atoms with van der Waals surface area (Å²) in [6.07, 6.45) is 1.97. The van der Waals surface area contributed by atoms with E-state index in [1.807, 2.05) is 12.1 Å². The number of nitrogens with one attached hydrogen (secondary N) is 1. The van der Waals surface area contributed by atoms with Crippen molar-refractivity contribution in [2.24, 2.45) is 5.92 Å². The van der Waals surface area contributed by atoms with Gasteiger partial charge in [-0.1, -0.05) is 23.7 Å². The number of hydrogen-bond donors (Lipinski definition) is 1. The van der Waals surface area contributed by atoms with Crippen molar-refractivity contribution in [1.29, 1.82) is 0 Å². The summed E-state index contributed by atoms with van der Waals surface area (Å²) in [5.41, 5.74) is 1.28. The van der Waals surface area contributed by atoms with Gasteiger partial charge in [-0.15, -0.1) is 12.4 Å². The molecule has 0 spiro atoms. The Morgan fingerprint density at radius 2 is 1.71 bits per heavy atom. The van der Waals surface area contributed by atoms with Gasteiger partial charge in [0, 0.05) is 43.2 Å². The second-order valence-corrected chi connectivity index (χ2v) is 7.05. The van der Waals surface area contributed by atoms with Gasteiger partial charge < -0.3 is 10.2 Å². The molecule has 1 N–H and O–H groups in total. The van der Waals surface area contributed by atoms with Crippen LogP contribution < -0.4 is 5.32 Å². The van der Waals surface area contributed by atoms with Crippen LogP contribution >= 0.6 is 24.0 Å². The number of piperidine rings is 1. The summed E-state index contributed by atoms with van der Waals surface area (Å²) in [7, 11) is 0. The lowest BCUT2D eigenvalue weighted by molar-refractivity contribution is -0.138. The molecule has 2 aliphatic heterocycles. The molecular weight excluding hydrogens is 345 g/mol. The van der Waals surface area contributed by atoms with Gasteiger partial charge in [0.15, 0.2) is 0 Å². The molecule has 0 aromatic heterocycles. The molecule has 2 heterocycles. The number of piperazine rings is 1. The minimum atomic E-state index is 0. The molecule has 134 valence electrons. The van der Waals surface area contributed by atoms with E-state index in [4.69, 9.17) is 11.6 Å². The van der Waals surface area contributed by atoms with Crippen molar-refractivity contribution in [2.45, 2.75) is 25.8 Å². The molecule has 1 atom stereocenters. The van der Waals surface area contributed by atoms with Gasteiger partial charge in [0.2, 0.25) is 5.91 Å². The summed E-state index contributed by atoms with van der Waals surface area (Å²) in [4.78, 5) is 17.1. The molecule has 1 aromatic carbocycles. The lowest BCUT2D eigenvalue weighted by Gasteiger charge is -2.39. The molecule has 2 fully saturated rings. The number of hydrogen-bond acceptors (Lipinski definition) is 3. The summed E-state index contributed by atoms with van der Waals surface area (Å²) in [6, 6.07) is 8.46. The van der Waals surface area contributed by atoms with Crippen LogP contribution in [0.3, 0.4) is 0 Å². The van der Waals surface area contributed by atoms with Crippen molar-refractivity contribution < 1.29 is 4.79 Å². The predicted octanol–water partition coefficient (Wildman–Crippen LogP) is 2.97. The maximum absolute atomic E-state index is 12.6. The topological polar surface area (TPSA) is 35.6 Å². The molecule has 1 aromatic rings. The Kier molecular flexibility index (Phi) is 7.35. The monoisotopic (exact) mass is 371 g/mol. The number of benzene rings is 1. The van der Waals surface area contributed by atoms with E-state index in [1.54, 1.807) is 0 Å². The van der Waals surface area contributed by atoms with Crippen LogP contribution in [0.25, 0.3) is 0 Å². The molecule has 4 nitrogen and oxygen atoms in total. The minimum absolute atomic E-state index is 0. The van der Waals surface area contributed by atoms with Crippen LogP contribution in [-0.2, 0) is 4.79 Å². The molecular formula is C18H27Cl2N3O. The summed E-state index contributed by atoms with van der Waals surface area (Å²) < 4.78 is 0. The van der Waals surface area contributed by atoms with E-state index in [-0.39, 0.29) is 18.3 Å². The van der Waals surface area contributed by atoms with Crippen LogP contribution in [0.2, 0.25) is 5.02 Å². The Labute approximate surface area is 155 Å². The van der Waals surface area contributed by atoms with Gasteiger partial charge in [-0.2, -0.15) is 0 Å². The third kappa shape index (κ3) is 4.63. The van der Waals surface area contributed by atoms with Crippen LogP contribution in [0, 0.1) is 5.92 Å². The van der Waals surface area contributed by atoms with Gasteiger partial charge in [-0.05, 0) is 50.6 Å². The standard InChI is InChI=1S/C18H26ClN3O.ClH/c1-14(15-2-4-17(19)5-3-15)21-10-12-22(13-11-21)18(23)16-6-8-20-9-7-16;/h2-5,14,16,20H,6-13H2,1H3;1H. The largest absolute Gasteiger partial charge is 0.340 e. The zero-order chi connectivity index (χ0) is 16.2. The fraction of sp³-hybridized carbons (Fsp3) is 0.611. The average Bonchev–Trinajstić information content (AvgIpc) is 2.62. The molecule has 24 heavy (non-hydrogen) atoms. The SMILES string of the molecule is CC(c1ccc(Cl)cc1)N1CCN(C(=O)C2CCNCC2)CC1.Cl. The molecule has 1 unspecified atom stereocenters.